The van der Waals surface area contributed by atoms with Crippen LogP contribution in [0.5, 0.6) is 34.5 Å². The summed E-state index contributed by atoms with van der Waals surface area (Å²) < 4.78 is 41.3. The summed E-state index contributed by atoms with van der Waals surface area (Å²) in [4.78, 5) is 5.02. The molecule has 1 aliphatic rings. The summed E-state index contributed by atoms with van der Waals surface area (Å²) in [5.74, 6) is 26.5. The van der Waals surface area contributed by atoms with Gasteiger partial charge in [0.05, 0.1) is 67.5 Å². The fourth-order valence-electron chi connectivity index (χ4n) is 13.1. The molecule has 5 rings (SSSR count). The van der Waals surface area contributed by atoms with E-state index in [4.69, 9.17) is 28.4 Å². The Bertz CT molecular complexity index is 2920. The number of unbranched alkanes of at least 4 members (excludes halogenated alkanes) is 32. The quantitative estimate of drug-likeness (QED) is 0.0320. The maximum absolute atomic E-state index is 6.94. The van der Waals surface area contributed by atoms with Crippen molar-refractivity contribution in [3.05, 3.63) is 99.6 Å². The van der Waals surface area contributed by atoms with Crippen molar-refractivity contribution >= 4 is 5.69 Å². The third-order valence-electron chi connectivity index (χ3n) is 19.5. The van der Waals surface area contributed by atoms with Crippen LogP contribution < -0.4 is 33.3 Å². The molecule has 1 saturated heterocycles. The van der Waals surface area contributed by atoms with Gasteiger partial charge in [-0.3, -0.25) is 4.90 Å². The van der Waals surface area contributed by atoms with Gasteiger partial charge in [0.1, 0.15) is 34.5 Å². The summed E-state index contributed by atoms with van der Waals surface area (Å²) in [6.07, 6.45) is 49.6. The number of anilines is 1. The van der Waals surface area contributed by atoms with Crippen LogP contribution in [0.25, 0.3) is 0 Å². The zero-order chi connectivity index (χ0) is 70.4. The van der Waals surface area contributed by atoms with Crippen molar-refractivity contribution in [1.82, 2.24) is 4.90 Å². The van der Waals surface area contributed by atoms with E-state index < -0.39 is 0 Å². The normalized spacial score (nSPS) is 12.7. The molecule has 4 aromatic carbocycles. The van der Waals surface area contributed by atoms with Gasteiger partial charge in [-0.1, -0.05) is 296 Å². The van der Waals surface area contributed by atoms with Gasteiger partial charge < -0.3 is 33.3 Å². The molecule has 0 amide bonds. The first-order valence-electron chi connectivity index (χ1n) is 41.2. The Labute approximate surface area is 607 Å². The second kappa shape index (κ2) is 54.8. The van der Waals surface area contributed by atoms with E-state index in [-0.39, 0.29) is 6.04 Å². The minimum absolute atomic E-state index is 0.263. The van der Waals surface area contributed by atoms with Crippen molar-refractivity contribution in [1.29, 1.82) is 0 Å². The molecule has 0 aliphatic carbocycles. The summed E-state index contributed by atoms with van der Waals surface area (Å²) in [6, 6.07) is 22.0. The van der Waals surface area contributed by atoms with E-state index in [0.717, 1.165) is 159 Å². The molecule has 550 valence electrons. The lowest BCUT2D eigenvalue weighted by Gasteiger charge is -2.24. The molecule has 8 heteroatoms. The summed E-state index contributed by atoms with van der Waals surface area (Å²) in [5, 5.41) is 0. The molecule has 0 radical (unpaired) electrons. The highest BCUT2D eigenvalue weighted by Gasteiger charge is 2.28. The molecule has 1 fully saturated rings. The Morgan fingerprint density at radius 2 is 0.576 bits per heavy atom. The van der Waals surface area contributed by atoms with Crippen LogP contribution in [0.2, 0.25) is 0 Å². The number of ether oxygens (including phenoxy) is 6. The van der Waals surface area contributed by atoms with E-state index in [0.29, 0.717) is 51.1 Å². The van der Waals surface area contributed by atoms with Crippen molar-refractivity contribution in [2.75, 3.05) is 71.2 Å². The maximum atomic E-state index is 6.94. The first kappa shape index (κ1) is 83.8. The average Bonchev–Trinajstić information content (AvgIpc) is 1.77. The molecule has 0 bridgehead atoms. The lowest BCUT2D eigenvalue weighted by atomic mass is 10.00. The van der Waals surface area contributed by atoms with Crippen LogP contribution in [0.4, 0.5) is 5.69 Å². The lowest BCUT2D eigenvalue weighted by Crippen LogP contribution is -2.25. The molecule has 1 unspecified atom stereocenters. The topological polar surface area (TPSA) is 61.9 Å². The number of hydrogen-bond donors (Lipinski definition) is 0. The number of benzene rings is 4. The fraction of sp³-hybridized carbons (Fsp3) is 0.670. The average molecular weight is 1360 g/mol. The zero-order valence-corrected chi connectivity index (χ0v) is 64.8. The number of likely N-dealkylation sites (tertiary alicyclic amines) is 1. The van der Waals surface area contributed by atoms with Crippen LogP contribution in [0, 0.1) is 35.5 Å². The van der Waals surface area contributed by atoms with Crippen LogP contribution in [0.1, 0.15) is 370 Å². The van der Waals surface area contributed by atoms with Crippen molar-refractivity contribution in [3.63, 3.8) is 0 Å². The largest absolute Gasteiger partial charge is 0.493 e. The van der Waals surface area contributed by atoms with Gasteiger partial charge in [0.15, 0.2) is 0 Å². The molecule has 1 atom stereocenters. The van der Waals surface area contributed by atoms with Crippen molar-refractivity contribution in [2.45, 2.75) is 331 Å². The van der Waals surface area contributed by atoms with E-state index in [1.54, 1.807) is 0 Å². The standard InChI is InChI=1S/C91H140N2O6/c1-10-18-26-32-38-44-65-94-86-72-79(87(95-66-45-39-33-27-19-11-2)71-78(86)55-52-77-53-60-83(61-54-77)93(63-24-16-7)64-25-17-8)56-57-80-73-89(97-68-47-41-35-29-21-13-4)81(74-88(80)96-67-46-40-34-28-20-12-3)58-59-82-75-91(99-70-49-43-37-31-23-15-6)84(85-51-50-62-92(85)9)76-90(82)98-69-48-42-36-30-22-14-5/h53-54,60-61,71-76,85H,10-51,62-70H2,1-9H3. The molecule has 0 aromatic heterocycles. The molecule has 4 aromatic rings. The van der Waals surface area contributed by atoms with Gasteiger partial charge in [0.2, 0.25) is 0 Å². The van der Waals surface area contributed by atoms with E-state index in [9.17, 15) is 0 Å². The zero-order valence-electron chi connectivity index (χ0n) is 64.8. The summed E-state index contributed by atoms with van der Waals surface area (Å²) >= 11 is 0. The second-order valence-corrected chi connectivity index (χ2v) is 28.4. The van der Waals surface area contributed by atoms with Gasteiger partial charge in [-0.15, -0.1) is 0 Å². The van der Waals surface area contributed by atoms with Crippen molar-refractivity contribution in [2.24, 2.45) is 0 Å². The maximum Gasteiger partial charge on any atom is 0.136 e. The minimum atomic E-state index is 0.263. The Morgan fingerprint density at radius 1 is 0.313 bits per heavy atom. The van der Waals surface area contributed by atoms with Gasteiger partial charge >= 0.3 is 0 Å². The predicted molar refractivity (Wildman–Crippen MR) is 424 cm³/mol. The van der Waals surface area contributed by atoms with Gasteiger partial charge in [-0.2, -0.15) is 0 Å². The fourth-order valence-corrected chi connectivity index (χ4v) is 13.1. The Hall–Kier alpha value is -5.88. The minimum Gasteiger partial charge on any atom is -0.493 e. The summed E-state index contributed by atoms with van der Waals surface area (Å²) in [6.45, 7) is 25.1. The van der Waals surface area contributed by atoms with Crippen LogP contribution in [-0.2, 0) is 0 Å². The lowest BCUT2D eigenvalue weighted by molar-refractivity contribution is 0.272. The Morgan fingerprint density at radius 3 is 0.869 bits per heavy atom. The molecule has 99 heavy (non-hydrogen) atoms. The highest BCUT2D eigenvalue weighted by molar-refractivity contribution is 5.65. The molecule has 1 aliphatic heterocycles. The summed E-state index contributed by atoms with van der Waals surface area (Å²) in [7, 11) is 2.25. The molecule has 0 N–H and O–H groups in total. The van der Waals surface area contributed by atoms with E-state index in [1.807, 2.05) is 0 Å². The highest BCUT2D eigenvalue weighted by atomic mass is 16.5. The predicted octanol–water partition coefficient (Wildman–Crippen LogP) is 25.5. The number of rotatable bonds is 56. The third-order valence-corrected chi connectivity index (χ3v) is 19.5. The van der Waals surface area contributed by atoms with E-state index in [1.165, 1.54) is 197 Å². The number of nitrogens with zero attached hydrogens (tertiary/aromatic N) is 2. The molecule has 1 heterocycles. The van der Waals surface area contributed by atoms with Gasteiger partial charge in [0, 0.05) is 60.2 Å². The Kier molecular flexibility index (Phi) is 46.4. The van der Waals surface area contributed by atoms with Gasteiger partial charge in [-0.25, -0.2) is 0 Å². The third kappa shape index (κ3) is 34.6. The molecule has 8 nitrogen and oxygen atoms in total. The van der Waals surface area contributed by atoms with Crippen LogP contribution in [0.15, 0.2) is 60.7 Å². The number of hydrogen-bond acceptors (Lipinski definition) is 8. The second-order valence-electron chi connectivity index (χ2n) is 28.4. The molecular weight excluding hydrogens is 1220 g/mol. The first-order valence-corrected chi connectivity index (χ1v) is 41.2. The van der Waals surface area contributed by atoms with E-state index in [2.05, 4.69) is 168 Å². The van der Waals surface area contributed by atoms with Crippen LogP contribution >= 0.6 is 0 Å². The highest BCUT2D eigenvalue weighted by Crippen LogP contribution is 2.41. The van der Waals surface area contributed by atoms with Gasteiger partial charge in [-0.05, 0) is 114 Å². The van der Waals surface area contributed by atoms with E-state index >= 15 is 0 Å². The smallest absolute Gasteiger partial charge is 0.136 e. The monoisotopic (exact) mass is 1360 g/mol. The van der Waals surface area contributed by atoms with Crippen molar-refractivity contribution in [3.8, 4) is 70.0 Å². The van der Waals surface area contributed by atoms with Gasteiger partial charge in [0.25, 0.3) is 0 Å². The summed E-state index contributed by atoms with van der Waals surface area (Å²) in [5.41, 5.74) is 7.40. The van der Waals surface area contributed by atoms with Crippen LogP contribution in [0.3, 0.4) is 0 Å². The molecule has 0 saturated carbocycles. The van der Waals surface area contributed by atoms with Crippen LogP contribution in [-0.4, -0.2) is 71.2 Å². The first-order chi connectivity index (χ1) is 48.8. The van der Waals surface area contributed by atoms with Crippen molar-refractivity contribution < 1.29 is 28.4 Å². The molecule has 0 spiro atoms. The Balaban J connectivity index is 1.69. The SMILES string of the molecule is CCCCCCCCOc1cc(C#Cc2cc(OCCCCCCCC)c(C#Cc3cc(OCCCCCCCC)c(C4CCCN4C)cc3OCCCCCCCC)cc2OCCCCCCCC)c(OCCCCCCCC)cc1C#Cc1ccc(N(CCCC)CCCC)cc1. The molecular formula is C91H140N2O6.